The zero-order chi connectivity index (χ0) is 25.5. The van der Waals surface area contributed by atoms with E-state index in [1.807, 2.05) is 60.7 Å². The van der Waals surface area contributed by atoms with E-state index in [0.717, 1.165) is 11.1 Å². The van der Waals surface area contributed by atoms with Crippen LogP contribution < -0.4 is 10.6 Å². The molecule has 1 fully saturated rings. The third kappa shape index (κ3) is 7.11. The number of carbonyl (C=O) groups excluding carboxylic acids is 2. The highest BCUT2D eigenvalue weighted by atomic mass is 16.6. The van der Waals surface area contributed by atoms with E-state index >= 15 is 0 Å². The Bertz CT molecular complexity index is 1010. The van der Waals surface area contributed by atoms with Crippen LogP contribution in [0.15, 0.2) is 60.7 Å². The first-order valence-electron chi connectivity index (χ1n) is 11.6. The van der Waals surface area contributed by atoms with E-state index < -0.39 is 35.5 Å². The minimum atomic E-state index is -1.14. The van der Waals surface area contributed by atoms with Crippen molar-refractivity contribution in [3.05, 3.63) is 71.8 Å². The molecule has 9 heteroatoms. The fraction of sp³-hybridized carbons (Fsp3) is 0.423. The number of amides is 3. The summed E-state index contributed by atoms with van der Waals surface area (Å²) in [5.41, 5.74) is -0.146. The third-order valence-electron chi connectivity index (χ3n) is 5.85. The van der Waals surface area contributed by atoms with Crippen LogP contribution in [-0.4, -0.2) is 58.6 Å². The number of ether oxygens (including phenoxy) is 2. The van der Waals surface area contributed by atoms with Gasteiger partial charge in [-0.05, 0) is 44.7 Å². The van der Waals surface area contributed by atoms with Crippen molar-refractivity contribution in [3.63, 3.8) is 0 Å². The largest absolute Gasteiger partial charge is 0.465 e. The molecule has 2 atom stereocenters. The molecule has 0 aliphatic carbocycles. The van der Waals surface area contributed by atoms with Gasteiger partial charge in [-0.2, -0.15) is 0 Å². The lowest BCUT2D eigenvalue weighted by atomic mass is 9.84. The van der Waals surface area contributed by atoms with Crippen LogP contribution in [0.25, 0.3) is 0 Å². The second kappa shape index (κ2) is 11.1. The van der Waals surface area contributed by atoms with Gasteiger partial charge in [-0.25, -0.2) is 14.4 Å². The van der Waals surface area contributed by atoms with Gasteiger partial charge in [0, 0.05) is 13.1 Å². The molecule has 0 radical (unpaired) electrons. The van der Waals surface area contributed by atoms with Gasteiger partial charge < -0.3 is 25.2 Å². The Morgan fingerprint density at radius 1 is 1.00 bits per heavy atom. The summed E-state index contributed by atoms with van der Waals surface area (Å²) < 4.78 is 10.8. The highest BCUT2D eigenvalue weighted by Crippen LogP contribution is 2.33. The van der Waals surface area contributed by atoms with E-state index in [-0.39, 0.29) is 26.1 Å². The molecule has 1 aliphatic rings. The van der Waals surface area contributed by atoms with Crippen molar-refractivity contribution in [1.29, 1.82) is 0 Å². The van der Waals surface area contributed by atoms with Crippen LogP contribution >= 0.6 is 0 Å². The third-order valence-corrected chi connectivity index (χ3v) is 5.85. The maximum Gasteiger partial charge on any atom is 0.407 e. The zero-order valence-corrected chi connectivity index (χ0v) is 20.3. The molecule has 1 aliphatic heterocycles. The molecule has 188 valence electrons. The number of nitrogens with zero attached hydrogens (tertiary/aromatic N) is 1. The van der Waals surface area contributed by atoms with Crippen molar-refractivity contribution < 1.29 is 29.0 Å². The predicted molar refractivity (Wildman–Crippen MR) is 130 cm³/mol. The number of rotatable bonds is 7. The fourth-order valence-electron chi connectivity index (χ4n) is 4.33. The van der Waals surface area contributed by atoms with Crippen molar-refractivity contribution >= 4 is 18.3 Å². The SMILES string of the molecule is CC(C)(C)OC(=O)NC[C@]1(Cc2ccccc2)[C@H](NC(=O)OCc2ccccc2)CCN1C(=O)O. The number of carbonyl (C=O) groups is 3. The maximum absolute atomic E-state index is 12.7. The number of benzene rings is 2. The summed E-state index contributed by atoms with van der Waals surface area (Å²) in [6, 6.07) is 18.0. The van der Waals surface area contributed by atoms with Gasteiger partial charge in [-0.3, -0.25) is 4.90 Å². The second-order valence-electron chi connectivity index (χ2n) is 9.60. The van der Waals surface area contributed by atoms with Crippen molar-refractivity contribution in [1.82, 2.24) is 15.5 Å². The number of likely N-dealkylation sites (tertiary alicyclic amines) is 1. The van der Waals surface area contributed by atoms with Gasteiger partial charge in [0.05, 0.1) is 11.6 Å². The van der Waals surface area contributed by atoms with Crippen LogP contribution in [0.3, 0.4) is 0 Å². The highest BCUT2D eigenvalue weighted by Gasteiger charge is 2.52. The molecule has 0 bridgehead atoms. The number of carboxylic acid groups (broad SMARTS) is 1. The molecule has 3 N–H and O–H groups in total. The summed E-state index contributed by atoms with van der Waals surface area (Å²) in [7, 11) is 0. The van der Waals surface area contributed by atoms with Crippen molar-refractivity contribution in [3.8, 4) is 0 Å². The second-order valence-corrected chi connectivity index (χ2v) is 9.60. The van der Waals surface area contributed by atoms with E-state index in [2.05, 4.69) is 10.6 Å². The van der Waals surface area contributed by atoms with Crippen LogP contribution in [0.2, 0.25) is 0 Å². The number of hydrogen-bond donors (Lipinski definition) is 3. The minimum absolute atomic E-state index is 0.0489. The lowest BCUT2D eigenvalue weighted by Crippen LogP contribution is -2.64. The standard InChI is InChI=1S/C26H33N3O6/c1-25(2,3)35-22(30)27-18-26(16-19-10-6-4-7-11-19)21(14-15-29(26)24(32)33)28-23(31)34-17-20-12-8-5-9-13-20/h4-13,21H,14-18H2,1-3H3,(H,27,30)(H,28,31)(H,32,33)/t21-,26-/m1/s1. The molecule has 2 aromatic rings. The van der Waals surface area contributed by atoms with Gasteiger partial charge in [0.25, 0.3) is 0 Å². The minimum Gasteiger partial charge on any atom is -0.465 e. The topological polar surface area (TPSA) is 117 Å². The maximum atomic E-state index is 12.7. The highest BCUT2D eigenvalue weighted by molar-refractivity contribution is 5.71. The zero-order valence-electron chi connectivity index (χ0n) is 20.3. The monoisotopic (exact) mass is 483 g/mol. The normalized spacial score (nSPS) is 19.6. The summed E-state index contributed by atoms with van der Waals surface area (Å²) >= 11 is 0. The van der Waals surface area contributed by atoms with E-state index in [0.29, 0.717) is 6.42 Å². The Labute approximate surface area is 205 Å². The Balaban J connectivity index is 1.83. The summed E-state index contributed by atoms with van der Waals surface area (Å²) in [6.45, 7) is 5.48. The first-order chi connectivity index (χ1) is 16.6. The van der Waals surface area contributed by atoms with Gasteiger partial charge in [0.15, 0.2) is 0 Å². The fourth-order valence-corrected chi connectivity index (χ4v) is 4.33. The lowest BCUT2D eigenvalue weighted by Gasteiger charge is -2.41. The Morgan fingerprint density at radius 2 is 1.60 bits per heavy atom. The lowest BCUT2D eigenvalue weighted by molar-refractivity contribution is 0.0446. The van der Waals surface area contributed by atoms with Crippen LogP contribution in [-0.2, 0) is 22.5 Å². The van der Waals surface area contributed by atoms with E-state index in [1.54, 1.807) is 20.8 Å². The van der Waals surface area contributed by atoms with Gasteiger partial charge in [0.1, 0.15) is 12.2 Å². The van der Waals surface area contributed by atoms with Crippen molar-refractivity contribution in [2.24, 2.45) is 0 Å². The van der Waals surface area contributed by atoms with Crippen LogP contribution in [0.1, 0.15) is 38.3 Å². The van der Waals surface area contributed by atoms with E-state index in [1.165, 1.54) is 4.90 Å². The van der Waals surface area contributed by atoms with Crippen molar-refractivity contribution in [2.75, 3.05) is 13.1 Å². The van der Waals surface area contributed by atoms with Gasteiger partial charge in [0.2, 0.25) is 0 Å². The molecule has 0 aromatic heterocycles. The molecule has 1 saturated heterocycles. The molecule has 0 spiro atoms. The molecule has 3 amide bonds. The average molecular weight is 484 g/mol. The molecule has 35 heavy (non-hydrogen) atoms. The van der Waals surface area contributed by atoms with E-state index in [4.69, 9.17) is 9.47 Å². The van der Waals surface area contributed by atoms with Crippen LogP contribution in [0.5, 0.6) is 0 Å². The predicted octanol–water partition coefficient (Wildman–Crippen LogP) is 4.17. The number of nitrogens with one attached hydrogen (secondary N) is 2. The molecule has 0 saturated carbocycles. The molecule has 2 aromatic carbocycles. The Hall–Kier alpha value is -3.75. The summed E-state index contributed by atoms with van der Waals surface area (Å²) in [6.07, 6.45) is -1.79. The first-order valence-corrected chi connectivity index (χ1v) is 11.6. The molecular weight excluding hydrogens is 450 g/mol. The Kier molecular flexibility index (Phi) is 8.22. The molecule has 3 rings (SSSR count). The molecule has 0 unspecified atom stereocenters. The quantitative estimate of drug-likeness (QED) is 0.544. The summed E-state index contributed by atoms with van der Waals surface area (Å²) in [5.74, 6) is 0. The molecule has 1 heterocycles. The van der Waals surface area contributed by atoms with Crippen LogP contribution in [0.4, 0.5) is 14.4 Å². The number of hydrogen-bond acceptors (Lipinski definition) is 5. The van der Waals surface area contributed by atoms with Gasteiger partial charge >= 0.3 is 18.3 Å². The first kappa shape index (κ1) is 25.9. The Morgan fingerprint density at radius 3 is 2.17 bits per heavy atom. The smallest absolute Gasteiger partial charge is 0.407 e. The number of alkyl carbamates (subject to hydrolysis) is 2. The summed E-state index contributed by atoms with van der Waals surface area (Å²) in [5, 5.41) is 15.6. The van der Waals surface area contributed by atoms with Crippen LogP contribution in [0, 0.1) is 0 Å². The molecule has 9 nitrogen and oxygen atoms in total. The van der Waals surface area contributed by atoms with Gasteiger partial charge in [-0.1, -0.05) is 60.7 Å². The van der Waals surface area contributed by atoms with E-state index in [9.17, 15) is 19.5 Å². The van der Waals surface area contributed by atoms with Gasteiger partial charge in [-0.15, -0.1) is 0 Å². The summed E-state index contributed by atoms with van der Waals surface area (Å²) in [4.78, 5) is 38.7. The molecular formula is C26H33N3O6. The average Bonchev–Trinajstić information content (AvgIpc) is 3.14. The van der Waals surface area contributed by atoms with Crippen molar-refractivity contribution in [2.45, 2.75) is 57.4 Å².